The van der Waals surface area contributed by atoms with Crippen LogP contribution in [0.1, 0.15) is 11.1 Å². The molecule has 0 spiro atoms. The van der Waals surface area contributed by atoms with Crippen LogP contribution in [0.15, 0.2) is 18.3 Å². The molecule has 0 saturated heterocycles. The number of carbonyl (C=O) groups excluding carboxylic acids is 1. The molecule has 1 aromatic carbocycles. The molecule has 19 heavy (non-hydrogen) atoms. The third-order valence-electron chi connectivity index (χ3n) is 2.87. The number of cyclic esters (lactones) is 1. The molecule has 0 atom stereocenters. The van der Waals surface area contributed by atoms with Gasteiger partial charge in [-0.05, 0) is 12.1 Å². The summed E-state index contributed by atoms with van der Waals surface area (Å²) in [6.45, 7) is 0.249. The van der Waals surface area contributed by atoms with Crippen LogP contribution in [0.25, 0.3) is 5.57 Å². The molecular formula is C14H17NO4. The third kappa shape index (κ3) is 2.50. The molecule has 102 valence electrons. The van der Waals surface area contributed by atoms with Gasteiger partial charge in [0, 0.05) is 31.4 Å². The van der Waals surface area contributed by atoms with Crippen LogP contribution in [0.2, 0.25) is 0 Å². The monoisotopic (exact) mass is 263 g/mol. The fraction of sp³-hybridized carbons (Fsp3) is 0.357. The first kappa shape index (κ1) is 13.3. The van der Waals surface area contributed by atoms with Gasteiger partial charge in [-0.25, -0.2) is 4.79 Å². The lowest BCUT2D eigenvalue weighted by Crippen LogP contribution is -2.18. The van der Waals surface area contributed by atoms with Gasteiger partial charge in [0.25, 0.3) is 0 Å². The molecule has 2 rings (SSSR count). The summed E-state index contributed by atoms with van der Waals surface area (Å²) in [6, 6.07) is 3.65. The lowest BCUT2D eigenvalue weighted by Gasteiger charge is -2.22. The first-order valence-corrected chi connectivity index (χ1v) is 5.87. The van der Waals surface area contributed by atoms with Crippen LogP contribution >= 0.6 is 0 Å². The maximum absolute atomic E-state index is 11.9. The predicted molar refractivity (Wildman–Crippen MR) is 71.0 cm³/mol. The van der Waals surface area contributed by atoms with Gasteiger partial charge in [-0.3, -0.25) is 0 Å². The van der Waals surface area contributed by atoms with Crippen LogP contribution < -0.4 is 9.47 Å². The van der Waals surface area contributed by atoms with Crippen LogP contribution in [-0.2, 0) is 16.1 Å². The van der Waals surface area contributed by atoms with Crippen molar-refractivity contribution in [2.24, 2.45) is 0 Å². The highest BCUT2D eigenvalue weighted by atomic mass is 16.5. The Kier molecular flexibility index (Phi) is 3.64. The quantitative estimate of drug-likeness (QED) is 0.613. The molecule has 0 saturated carbocycles. The molecule has 0 amide bonds. The normalized spacial score (nSPS) is 15.8. The van der Waals surface area contributed by atoms with Gasteiger partial charge in [0.1, 0.15) is 6.61 Å². The fourth-order valence-corrected chi connectivity index (χ4v) is 2.00. The summed E-state index contributed by atoms with van der Waals surface area (Å²) in [4.78, 5) is 13.7. The Balaban J connectivity index is 2.58. The number of esters is 1. The van der Waals surface area contributed by atoms with Crippen LogP contribution in [0, 0.1) is 0 Å². The summed E-state index contributed by atoms with van der Waals surface area (Å²) in [7, 11) is 6.86. The number of benzene rings is 1. The lowest BCUT2D eigenvalue weighted by atomic mass is 9.97. The van der Waals surface area contributed by atoms with E-state index in [2.05, 4.69) is 0 Å². The zero-order chi connectivity index (χ0) is 14.0. The van der Waals surface area contributed by atoms with Crippen LogP contribution in [-0.4, -0.2) is 39.2 Å². The molecule has 0 unspecified atom stereocenters. The summed E-state index contributed by atoms with van der Waals surface area (Å²) < 4.78 is 15.7. The average molecular weight is 263 g/mol. The number of nitrogens with zero attached hydrogens (tertiary/aromatic N) is 1. The van der Waals surface area contributed by atoms with E-state index in [-0.39, 0.29) is 12.6 Å². The third-order valence-corrected chi connectivity index (χ3v) is 2.87. The number of rotatable bonds is 3. The van der Waals surface area contributed by atoms with Crippen molar-refractivity contribution in [2.45, 2.75) is 6.61 Å². The van der Waals surface area contributed by atoms with Gasteiger partial charge in [0.2, 0.25) is 0 Å². The molecule has 1 aliphatic rings. The molecule has 0 fully saturated rings. The van der Waals surface area contributed by atoms with E-state index in [9.17, 15) is 4.79 Å². The minimum Gasteiger partial charge on any atom is -0.493 e. The molecule has 0 radical (unpaired) electrons. The maximum atomic E-state index is 11.9. The van der Waals surface area contributed by atoms with Crippen molar-refractivity contribution in [3.05, 3.63) is 29.5 Å². The molecule has 0 bridgehead atoms. The highest BCUT2D eigenvalue weighted by molar-refractivity contribution is 6.17. The van der Waals surface area contributed by atoms with Crippen molar-refractivity contribution >= 4 is 11.5 Å². The number of carbonyl (C=O) groups is 1. The fourth-order valence-electron chi connectivity index (χ4n) is 2.00. The van der Waals surface area contributed by atoms with E-state index in [0.29, 0.717) is 17.1 Å². The topological polar surface area (TPSA) is 48.0 Å². The number of ether oxygens (including phenoxy) is 3. The van der Waals surface area contributed by atoms with E-state index < -0.39 is 0 Å². The Bertz CT molecular complexity index is 534. The van der Waals surface area contributed by atoms with E-state index in [1.807, 2.05) is 31.1 Å². The Morgan fingerprint density at radius 1 is 1.21 bits per heavy atom. The van der Waals surface area contributed by atoms with Gasteiger partial charge < -0.3 is 19.1 Å². The highest BCUT2D eigenvalue weighted by Gasteiger charge is 2.25. The average Bonchev–Trinajstić information content (AvgIpc) is 2.40. The zero-order valence-corrected chi connectivity index (χ0v) is 11.5. The molecule has 5 heteroatoms. The second-order valence-electron chi connectivity index (χ2n) is 4.45. The molecule has 0 N–H and O–H groups in total. The van der Waals surface area contributed by atoms with E-state index >= 15 is 0 Å². The van der Waals surface area contributed by atoms with Gasteiger partial charge in [-0.15, -0.1) is 0 Å². The molecule has 0 aromatic heterocycles. The van der Waals surface area contributed by atoms with E-state index in [4.69, 9.17) is 14.2 Å². The Hall–Kier alpha value is -2.17. The molecular weight excluding hydrogens is 246 g/mol. The summed E-state index contributed by atoms with van der Waals surface area (Å²) in [5, 5.41) is 0. The van der Waals surface area contributed by atoms with Crippen LogP contribution in [0.4, 0.5) is 0 Å². The number of hydrogen-bond acceptors (Lipinski definition) is 5. The number of hydrogen-bond donors (Lipinski definition) is 0. The van der Waals surface area contributed by atoms with Crippen molar-refractivity contribution in [1.82, 2.24) is 4.90 Å². The maximum Gasteiger partial charge on any atom is 0.340 e. The van der Waals surface area contributed by atoms with E-state index in [1.54, 1.807) is 20.4 Å². The van der Waals surface area contributed by atoms with Crippen molar-refractivity contribution in [3.63, 3.8) is 0 Å². The molecule has 5 nitrogen and oxygen atoms in total. The molecule has 1 aromatic rings. The predicted octanol–water partition coefficient (Wildman–Crippen LogP) is 1.66. The van der Waals surface area contributed by atoms with Crippen LogP contribution in [0.3, 0.4) is 0 Å². The summed E-state index contributed by atoms with van der Waals surface area (Å²) in [5.74, 6) is 0.900. The van der Waals surface area contributed by atoms with E-state index in [1.165, 1.54) is 0 Å². The van der Waals surface area contributed by atoms with Gasteiger partial charge in [0.15, 0.2) is 11.5 Å². The lowest BCUT2D eigenvalue weighted by molar-refractivity contribution is -0.138. The second-order valence-corrected chi connectivity index (χ2v) is 4.45. The Morgan fingerprint density at radius 3 is 2.42 bits per heavy atom. The summed E-state index contributed by atoms with van der Waals surface area (Å²) >= 11 is 0. The van der Waals surface area contributed by atoms with Gasteiger partial charge in [0.05, 0.1) is 19.8 Å². The minimum atomic E-state index is -0.326. The number of methoxy groups -OCH3 is 2. The van der Waals surface area contributed by atoms with E-state index in [0.717, 1.165) is 11.1 Å². The van der Waals surface area contributed by atoms with Crippen LogP contribution in [0.5, 0.6) is 11.5 Å². The largest absolute Gasteiger partial charge is 0.493 e. The first-order valence-electron chi connectivity index (χ1n) is 5.87. The van der Waals surface area contributed by atoms with Gasteiger partial charge in [-0.2, -0.15) is 0 Å². The summed E-state index contributed by atoms with van der Waals surface area (Å²) in [6.07, 6.45) is 1.74. The first-order chi connectivity index (χ1) is 9.06. The van der Waals surface area contributed by atoms with Gasteiger partial charge >= 0.3 is 5.97 Å². The van der Waals surface area contributed by atoms with Crippen molar-refractivity contribution in [2.75, 3.05) is 28.3 Å². The molecule has 1 aliphatic heterocycles. The standard InChI is InChI=1S/C14H17NO4/c1-15(2)7-11-10-6-13(18-4)12(17-3)5-9(10)8-19-14(11)16/h5-7H,8H2,1-4H3. The molecule has 1 heterocycles. The van der Waals surface area contributed by atoms with Crippen molar-refractivity contribution in [3.8, 4) is 11.5 Å². The summed E-state index contributed by atoms with van der Waals surface area (Å²) in [5.41, 5.74) is 2.25. The highest BCUT2D eigenvalue weighted by Crippen LogP contribution is 2.36. The zero-order valence-electron chi connectivity index (χ0n) is 11.5. The Morgan fingerprint density at radius 2 is 1.84 bits per heavy atom. The smallest absolute Gasteiger partial charge is 0.340 e. The minimum absolute atomic E-state index is 0.249. The van der Waals surface area contributed by atoms with Crippen molar-refractivity contribution in [1.29, 1.82) is 0 Å². The Labute approximate surface area is 112 Å². The molecule has 0 aliphatic carbocycles. The van der Waals surface area contributed by atoms with Gasteiger partial charge in [-0.1, -0.05) is 0 Å². The van der Waals surface area contributed by atoms with Crippen molar-refractivity contribution < 1.29 is 19.0 Å². The second kappa shape index (κ2) is 5.22. The SMILES string of the molecule is COc1cc2c(cc1OC)C(=CN(C)C)C(=O)OC2. The number of fused-ring (bicyclic) bond motifs is 1.